The van der Waals surface area contributed by atoms with Gasteiger partial charge in [0.25, 0.3) is 5.91 Å². The smallest absolute Gasteiger partial charge is 0.337 e. The molecule has 3 amide bonds. The first-order valence-electron chi connectivity index (χ1n) is 6.12. The van der Waals surface area contributed by atoms with Gasteiger partial charge >= 0.3 is 12.0 Å². The van der Waals surface area contributed by atoms with Crippen molar-refractivity contribution in [2.24, 2.45) is 0 Å². The maximum Gasteiger partial charge on any atom is 0.337 e. The van der Waals surface area contributed by atoms with Gasteiger partial charge in [0.05, 0.1) is 17.1 Å². The molecule has 1 aromatic carbocycles. The number of rotatable bonds is 4. The van der Waals surface area contributed by atoms with Crippen LogP contribution in [0.3, 0.4) is 0 Å². The summed E-state index contributed by atoms with van der Waals surface area (Å²) >= 11 is 3.25. The summed E-state index contributed by atoms with van der Waals surface area (Å²) in [5, 5.41) is 2.54. The third kappa shape index (κ3) is 3.52. The standard InChI is InChI=1S/C13H13BrN2O5/c1-20-12(18)8-2-3-10(9(14)6-8)21-7-11(17)16-5-4-15-13(16)19/h2-3,6H,4-5,7H2,1H3,(H,15,19). The Labute approximate surface area is 129 Å². The summed E-state index contributed by atoms with van der Waals surface area (Å²) in [5.74, 6) is -0.489. The number of nitrogens with zero attached hydrogens (tertiary/aromatic N) is 1. The molecule has 0 saturated carbocycles. The Bertz CT molecular complexity index is 590. The highest BCUT2D eigenvalue weighted by molar-refractivity contribution is 9.10. The first-order valence-corrected chi connectivity index (χ1v) is 6.91. The van der Waals surface area contributed by atoms with Gasteiger partial charge < -0.3 is 14.8 Å². The minimum atomic E-state index is -0.466. The highest BCUT2D eigenvalue weighted by Crippen LogP contribution is 2.26. The van der Waals surface area contributed by atoms with Crippen LogP contribution in [0.2, 0.25) is 0 Å². The molecule has 1 heterocycles. The van der Waals surface area contributed by atoms with E-state index in [-0.39, 0.29) is 6.61 Å². The Morgan fingerprint density at radius 3 is 2.76 bits per heavy atom. The zero-order valence-corrected chi connectivity index (χ0v) is 12.8. The summed E-state index contributed by atoms with van der Waals surface area (Å²) < 4.78 is 10.5. The molecular formula is C13H13BrN2O5. The monoisotopic (exact) mass is 356 g/mol. The average Bonchev–Trinajstić information content (AvgIpc) is 2.91. The molecule has 1 N–H and O–H groups in total. The molecule has 1 fully saturated rings. The molecule has 0 atom stereocenters. The molecule has 0 radical (unpaired) electrons. The molecule has 0 aliphatic carbocycles. The number of ether oxygens (including phenoxy) is 2. The number of nitrogens with one attached hydrogen (secondary N) is 1. The van der Waals surface area contributed by atoms with Gasteiger partial charge in [-0.3, -0.25) is 9.69 Å². The van der Waals surface area contributed by atoms with Gasteiger partial charge in [-0.2, -0.15) is 0 Å². The van der Waals surface area contributed by atoms with Crippen molar-refractivity contribution >= 4 is 33.8 Å². The van der Waals surface area contributed by atoms with Gasteiger partial charge in [0.2, 0.25) is 0 Å². The van der Waals surface area contributed by atoms with Gasteiger partial charge in [0.15, 0.2) is 6.61 Å². The molecule has 0 bridgehead atoms. The van der Waals surface area contributed by atoms with Crippen LogP contribution in [0.5, 0.6) is 5.75 Å². The van der Waals surface area contributed by atoms with Gasteiger partial charge in [-0.25, -0.2) is 9.59 Å². The second kappa shape index (κ2) is 6.57. The van der Waals surface area contributed by atoms with Crippen LogP contribution >= 0.6 is 15.9 Å². The third-order valence-corrected chi connectivity index (χ3v) is 3.48. The number of hydrogen-bond donors (Lipinski definition) is 1. The molecule has 1 aromatic rings. The average molecular weight is 357 g/mol. The van der Waals surface area contributed by atoms with Crippen LogP contribution in [0.4, 0.5) is 4.79 Å². The van der Waals surface area contributed by atoms with E-state index in [1.807, 2.05) is 0 Å². The molecule has 21 heavy (non-hydrogen) atoms. The van der Waals surface area contributed by atoms with E-state index in [2.05, 4.69) is 26.0 Å². The quantitative estimate of drug-likeness (QED) is 0.818. The van der Waals surface area contributed by atoms with E-state index in [9.17, 15) is 14.4 Å². The zero-order chi connectivity index (χ0) is 15.4. The first kappa shape index (κ1) is 15.3. The van der Waals surface area contributed by atoms with Crippen LogP contribution in [-0.4, -0.2) is 49.6 Å². The van der Waals surface area contributed by atoms with E-state index in [1.165, 1.54) is 19.2 Å². The second-order valence-corrected chi connectivity index (χ2v) is 5.06. The van der Waals surface area contributed by atoms with Crippen molar-refractivity contribution in [2.75, 3.05) is 26.8 Å². The molecule has 1 aliphatic rings. The van der Waals surface area contributed by atoms with Crippen molar-refractivity contribution in [1.82, 2.24) is 10.2 Å². The summed E-state index contributed by atoms with van der Waals surface area (Å²) in [7, 11) is 1.29. The Kier molecular flexibility index (Phi) is 4.79. The molecule has 2 rings (SSSR count). The first-order chi connectivity index (χ1) is 10.0. The van der Waals surface area contributed by atoms with E-state index in [4.69, 9.17) is 4.74 Å². The van der Waals surface area contributed by atoms with Crippen LogP contribution in [0.15, 0.2) is 22.7 Å². The van der Waals surface area contributed by atoms with E-state index in [1.54, 1.807) is 6.07 Å². The topological polar surface area (TPSA) is 84.9 Å². The lowest BCUT2D eigenvalue weighted by atomic mass is 10.2. The summed E-state index contributed by atoms with van der Waals surface area (Å²) in [6.07, 6.45) is 0. The maximum absolute atomic E-state index is 11.8. The van der Waals surface area contributed by atoms with Crippen LogP contribution in [0, 0.1) is 0 Å². The van der Waals surface area contributed by atoms with Crippen LogP contribution < -0.4 is 10.1 Å². The fourth-order valence-corrected chi connectivity index (χ4v) is 2.28. The fourth-order valence-electron chi connectivity index (χ4n) is 1.79. The summed E-state index contributed by atoms with van der Waals surface area (Å²) in [6, 6.07) is 4.20. The summed E-state index contributed by atoms with van der Waals surface area (Å²) in [4.78, 5) is 35.6. The molecule has 112 valence electrons. The van der Waals surface area contributed by atoms with Crippen LogP contribution in [0.1, 0.15) is 10.4 Å². The lowest BCUT2D eigenvalue weighted by Crippen LogP contribution is -2.37. The number of carbonyl (C=O) groups excluding carboxylic acids is 3. The number of urea groups is 1. The largest absolute Gasteiger partial charge is 0.483 e. The minimum absolute atomic E-state index is 0.260. The number of benzene rings is 1. The number of halogens is 1. The van der Waals surface area contributed by atoms with Gasteiger partial charge in [-0.15, -0.1) is 0 Å². The van der Waals surface area contributed by atoms with Crippen molar-refractivity contribution in [2.45, 2.75) is 0 Å². The van der Waals surface area contributed by atoms with Gasteiger partial charge in [-0.05, 0) is 34.1 Å². The van der Waals surface area contributed by atoms with Crippen molar-refractivity contribution in [1.29, 1.82) is 0 Å². The Hall–Kier alpha value is -2.09. The molecule has 1 saturated heterocycles. The third-order valence-electron chi connectivity index (χ3n) is 2.86. The number of amides is 3. The molecule has 0 unspecified atom stereocenters. The molecule has 7 nitrogen and oxygen atoms in total. The Morgan fingerprint density at radius 2 is 2.19 bits per heavy atom. The van der Waals surface area contributed by atoms with Crippen LogP contribution in [0.25, 0.3) is 0 Å². The predicted molar refractivity (Wildman–Crippen MR) is 76.1 cm³/mol. The molecular weight excluding hydrogens is 344 g/mol. The minimum Gasteiger partial charge on any atom is -0.483 e. The number of hydrogen-bond acceptors (Lipinski definition) is 5. The van der Waals surface area contributed by atoms with E-state index < -0.39 is 17.9 Å². The molecule has 0 spiro atoms. The number of esters is 1. The molecule has 8 heteroatoms. The number of imide groups is 1. The lowest BCUT2D eigenvalue weighted by Gasteiger charge is -2.13. The SMILES string of the molecule is COC(=O)c1ccc(OCC(=O)N2CCNC2=O)c(Br)c1. The lowest BCUT2D eigenvalue weighted by molar-refractivity contribution is -0.129. The molecule has 1 aliphatic heterocycles. The van der Waals surface area contributed by atoms with Gasteiger partial charge in [0, 0.05) is 13.1 Å². The van der Waals surface area contributed by atoms with Crippen molar-refractivity contribution in [3.8, 4) is 5.75 Å². The highest BCUT2D eigenvalue weighted by Gasteiger charge is 2.26. The maximum atomic E-state index is 11.8. The van der Waals surface area contributed by atoms with Crippen molar-refractivity contribution in [3.63, 3.8) is 0 Å². The second-order valence-electron chi connectivity index (χ2n) is 4.20. The Morgan fingerprint density at radius 1 is 1.43 bits per heavy atom. The van der Waals surface area contributed by atoms with Crippen molar-refractivity contribution in [3.05, 3.63) is 28.2 Å². The number of methoxy groups -OCH3 is 1. The van der Waals surface area contributed by atoms with E-state index in [0.29, 0.717) is 28.9 Å². The highest BCUT2D eigenvalue weighted by atomic mass is 79.9. The van der Waals surface area contributed by atoms with Crippen LogP contribution in [-0.2, 0) is 9.53 Å². The molecule has 0 aromatic heterocycles. The number of carbonyl (C=O) groups is 3. The predicted octanol–water partition coefficient (Wildman–Crippen LogP) is 1.17. The van der Waals surface area contributed by atoms with Gasteiger partial charge in [0.1, 0.15) is 5.75 Å². The summed E-state index contributed by atoms with van der Waals surface area (Å²) in [6.45, 7) is 0.523. The fraction of sp³-hybridized carbons (Fsp3) is 0.308. The Balaban J connectivity index is 1.98. The normalized spacial score (nSPS) is 13.8. The van der Waals surface area contributed by atoms with E-state index >= 15 is 0 Å². The van der Waals surface area contributed by atoms with E-state index in [0.717, 1.165) is 4.90 Å². The summed E-state index contributed by atoms with van der Waals surface area (Å²) in [5.41, 5.74) is 0.363. The van der Waals surface area contributed by atoms with Gasteiger partial charge in [-0.1, -0.05) is 0 Å². The van der Waals surface area contributed by atoms with Crippen molar-refractivity contribution < 1.29 is 23.9 Å². The zero-order valence-electron chi connectivity index (χ0n) is 11.2.